The van der Waals surface area contributed by atoms with E-state index >= 15 is 0 Å². The molecule has 6 heteroatoms. The first-order valence-electron chi connectivity index (χ1n) is 7.49. The molecular weight excluding hydrogens is 288 g/mol. The van der Waals surface area contributed by atoms with E-state index in [0.29, 0.717) is 18.3 Å². The van der Waals surface area contributed by atoms with Crippen LogP contribution in [0.3, 0.4) is 0 Å². The van der Waals surface area contributed by atoms with Gasteiger partial charge in [-0.25, -0.2) is 13.1 Å². The zero-order valence-corrected chi connectivity index (χ0v) is 13.9. The maximum atomic E-state index is 12.4. The summed E-state index contributed by atoms with van der Waals surface area (Å²) in [6.45, 7) is 8.89. The average molecular weight is 312 g/mol. The summed E-state index contributed by atoms with van der Waals surface area (Å²) in [4.78, 5) is 0. The van der Waals surface area contributed by atoms with Crippen molar-refractivity contribution in [3.05, 3.63) is 17.9 Å². The third-order valence-electron chi connectivity index (χ3n) is 5.34. The first-order valence-corrected chi connectivity index (χ1v) is 8.97. The molecule has 0 amide bonds. The van der Waals surface area contributed by atoms with Crippen molar-refractivity contribution in [1.29, 1.82) is 0 Å². The molecule has 0 bridgehead atoms. The van der Waals surface area contributed by atoms with Gasteiger partial charge in [0.1, 0.15) is 5.76 Å². The van der Waals surface area contributed by atoms with Crippen molar-refractivity contribution < 1.29 is 12.8 Å². The average Bonchev–Trinajstić information content (AvgIpc) is 3.18. The van der Waals surface area contributed by atoms with Crippen molar-refractivity contribution in [1.82, 2.24) is 10.0 Å². The van der Waals surface area contributed by atoms with Crippen molar-refractivity contribution in [3.63, 3.8) is 0 Å². The minimum absolute atomic E-state index is 0.00796. The van der Waals surface area contributed by atoms with Crippen LogP contribution in [0.2, 0.25) is 0 Å². The summed E-state index contributed by atoms with van der Waals surface area (Å²) in [5.41, 5.74) is -0.0773. The monoisotopic (exact) mass is 312 g/mol. The molecule has 118 valence electrons. The molecule has 1 heterocycles. The van der Waals surface area contributed by atoms with Gasteiger partial charge >= 0.3 is 0 Å². The molecule has 2 aliphatic carbocycles. The lowest BCUT2D eigenvalue weighted by molar-refractivity contribution is 0.398. The second kappa shape index (κ2) is 4.57. The smallest absolute Gasteiger partial charge is 0.274 e. The number of furan rings is 1. The molecule has 0 aliphatic heterocycles. The lowest BCUT2D eigenvalue weighted by Crippen LogP contribution is -2.29. The molecule has 2 fully saturated rings. The standard InChI is InChI=1S/C15H24N2O3S/c1-14(2)13(15(14,3)4)17-21(18,19)12-8-7-11(20-12)9-16-10-5-6-10/h7-8,10,13,16-17H,5-6,9H2,1-4H3. The molecule has 1 aromatic rings. The lowest BCUT2D eigenvalue weighted by Gasteiger charge is -2.05. The quantitative estimate of drug-likeness (QED) is 0.845. The minimum atomic E-state index is -3.59. The largest absolute Gasteiger partial charge is 0.447 e. The topological polar surface area (TPSA) is 71.3 Å². The van der Waals surface area contributed by atoms with Crippen LogP contribution >= 0.6 is 0 Å². The lowest BCUT2D eigenvalue weighted by atomic mass is 10.0. The van der Waals surface area contributed by atoms with E-state index in [1.54, 1.807) is 6.07 Å². The number of hydrogen-bond acceptors (Lipinski definition) is 4. The fraction of sp³-hybridized carbons (Fsp3) is 0.733. The highest BCUT2D eigenvalue weighted by Gasteiger charge is 2.66. The van der Waals surface area contributed by atoms with Gasteiger partial charge in [-0.1, -0.05) is 27.7 Å². The second-order valence-corrected chi connectivity index (χ2v) is 9.02. The van der Waals surface area contributed by atoms with E-state index < -0.39 is 10.0 Å². The van der Waals surface area contributed by atoms with Crippen LogP contribution in [0, 0.1) is 10.8 Å². The van der Waals surface area contributed by atoms with Crippen LogP contribution in [0.25, 0.3) is 0 Å². The predicted molar refractivity (Wildman–Crippen MR) is 80.2 cm³/mol. The fourth-order valence-corrected chi connectivity index (χ4v) is 4.31. The Labute approximate surface area is 126 Å². The molecule has 2 aliphatic rings. The third-order valence-corrected chi connectivity index (χ3v) is 6.63. The summed E-state index contributed by atoms with van der Waals surface area (Å²) < 4.78 is 33.0. The van der Waals surface area contributed by atoms with Crippen molar-refractivity contribution in [2.75, 3.05) is 0 Å². The molecule has 2 N–H and O–H groups in total. The summed E-state index contributed by atoms with van der Waals surface area (Å²) in [6, 6.07) is 3.77. The highest BCUT2D eigenvalue weighted by atomic mass is 32.2. The van der Waals surface area contributed by atoms with Gasteiger partial charge in [0.05, 0.1) is 6.54 Å². The van der Waals surface area contributed by atoms with Crippen LogP contribution in [0.5, 0.6) is 0 Å². The number of nitrogens with one attached hydrogen (secondary N) is 2. The molecule has 0 radical (unpaired) electrons. The molecule has 3 rings (SSSR count). The van der Waals surface area contributed by atoms with Crippen molar-refractivity contribution in [2.45, 2.75) is 64.3 Å². The molecule has 0 spiro atoms. The van der Waals surface area contributed by atoms with E-state index in [1.165, 1.54) is 18.9 Å². The molecule has 5 nitrogen and oxygen atoms in total. The number of hydrogen-bond donors (Lipinski definition) is 2. The Bertz CT molecular complexity index is 628. The SMILES string of the molecule is CC1(C)C(NS(=O)(=O)c2ccc(CNC3CC3)o2)C1(C)C. The number of rotatable bonds is 6. The van der Waals surface area contributed by atoms with Gasteiger partial charge in [0.25, 0.3) is 10.0 Å². The molecule has 0 unspecified atom stereocenters. The van der Waals surface area contributed by atoms with Crippen LogP contribution < -0.4 is 10.0 Å². The summed E-state index contributed by atoms with van der Waals surface area (Å²) in [7, 11) is -3.59. The Kier molecular flexibility index (Phi) is 3.28. The van der Waals surface area contributed by atoms with Crippen LogP contribution in [0.1, 0.15) is 46.3 Å². The Morgan fingerprint density at radius 2 is 1.81 bits per heavy atom. The van der Waals surface area contributed by atoms with E-state index in [2.05, 4.69) is 37.7 Å². The molecule has 2 saturated carbocycles. The summed E-state index contributed by atoms with van der Waals surface area (Å²) in [5.74, 6) is 0.664. The maximum Gasteiger partial charge on any atom is 0.274 e. The van der Waals surface area contributed by atoms with E-state index in [9.17, 15) is 8.42 Å². The third kappa shape index (κ3) is 2.64. The highest BCUT2D eigenvalue weighted by molar-refractivity contribution is 7.89. The molecular formula is C15H24N2O3S. The van der Waals surface area contributed by atoms with E-state index in [4.69, 9.17) is 4.42 Å². The van der Waals surface area contributed by atoms with Crippen LogP contribution in [0.4, 0.5) is 0 Å². The zero-order chi connectivity index (χ0) is 15.5. The van der Waals surface area contributed by atoms with Gasteiger partial charge in [0, 0.05) is 12.1 Å². The van der Waals surface area contributed by atoms with Crippen molar-refractivity contribution in [2.24, 2.45) is 10.8 Å². The summed E-state index contributed by atoms with van der Waals surface area (Å²) in [6.07, 6.45) is 2.39. The number of sulfonamides is 1. The van der Waals surface area contributed by atoms with Crippen molar-refractivity contribution >= 4 is 10.0 Å². The summed E-state index contributed by atoms with van der Waals surface area (Å²) >= 11 is 0. The van der Waals surface area contributed by atoms with E-state index in [0.717, 1.165) is 0 Å². The van der Waals surface area contributed by atoms with Gasteiger partial charge < -0.3 is 9.73 Å². The fourth-order valence-electron chi connectivity index (χ4n) is 2.83. The van der Waals surface area contributed by atoms with Gasteiger partial charge in [0.2, 0.25) is 5.09 Å². The van der Waals surface area contributed by atoms with Gasteiger partial charge in [-0.2, -0.15) is 0 Å². The van der Waals surface area contributed by atoms with Gasteiger partial charge in [-0.15, -0.1) is 0 Å². The second-order valence-electron chi connectivity index (χ2n) is 7.37. The van der Waals surface area contributed by atoms with E-state index in [1.807, 2.05) is 0 Å². The molecule has 0 saturated heterocycles. The summed E-state index contributed by atoms with van der Waals surface area (Å²) in [5, 5.41) is 3.32. The molecule has 1 aromatic heterocycles. The van der Waals surface area contributed by atoms with Gasteiger partial charge in [-0.3, -0.25) is 0 Å². The van der Waals surface area contributed by atoms with Gasteiger partial charge in [0.15, 0.2) is 0 Å². The minimum Gasteiger partial charge on any atom is -0.447 e. The zero-order valence-electron chi connectivity index (χ0n) is 13.1. The maximum absolute atomic E-state index is 12.4. The van der Waals surface area contributed by atoms with Crippen molar-refractivity contribution in [3.8, 4) is 0 Å². The van der Waals surface area contributed by atoms with Gasteiger partial charge in [-0.05, 0) is 35.8 Å². The first kappa shape index (κ1) is 15.1. The Hall–Kier alpha value is -0.850. The first-order chi connectivity index (χ1) is 9.64. The Balaban J connectivity index is 1.67. The van der Waals surface area contributed by atoms with Crippen LogP contribution in [0.15, 0.2) is 21.6 Å². The highest BCUT2D eigenvalue weighted by Crippen LogP contribution is 2.62. The van der Waals surface area contributed by atoms with E-state index in [-0.39, 0.29) is 22.0 Å². The van der Waals surface area contributed by atoms with Crippen LogP contribution in [-0.2, 0) is 16.6 Å². The predicted octanol–water partition coefficient (Wildman–Crippen LogP) is 2.24. The molecule has 0 atom stereocenters. The molecule has 21 heavy (non-hydrogen) atoms. The normalized spacial score (nSPS) is 24.2. The Morgan fingerprint density at radius 1 is 1.19 bits per heavy atom. The Morgan fingerprint density at radius 3 is 2.33 bits per heavy atom. The van der Waals surface area contributed by atoms with Crippen LogP contribution in [-0.4, -0.2) is 20.5 Å². The molecule has 0 aromatic carbocycles.